The number of aliphatic hydroxyl groups excluding tert-OH is 1. The first-order valence-corrected chi connectivity index (χ1v) is 7.12. The van der Waals surface area contributed by atoms with Gasteiger partial charge >= 0.3 is 12.1 Å². The summed E-state index contributed by atoms with van der Waals surface area (Å²) in [4.78, 5) is 39.1. The van der Waals surface area contributed by atoms with Gasteiger partial charge in [-0.05, 0) is 32.9 Å². The molecular formula is C15H21N3O6. The van der Waals surface area contributed by atoms with Gasteiger partial charge in [-0.3, -0.25) is 10.1 Å². The molecule has 2 amide bonds. The van der Waals surface area contributed by atoms with Gasteiger partial charge in [-0.2, -0.15) is 0 Å². The molecule has 0 aliphatic carbocycles. The molecule has 0 saturated carbocycles. The second kappa shape index (κ2) is 8.25. The molecular weight excluding hydrogens is 318 g/mol. The topological polar surface area (TPSA) is 127 Å². The van der Waals surface area contributed by atoms with Crippen LogP contribution in [0.5, 0.6) is 0 Å². The van der Waals surface area contributed by atoms with Crippen LogP contribution in [0.4, 0.5) is 10.6 Å². The highest BCUT2D eigenvalue weighted by Gasteiger charge is 2.22. The number of nitrogens with zero attached hydrogens (tertiary/aromatic N) is 1. The Labute approximate surface area is 139 Å². The average molecular weight is 339 g/mol. The van der Waals surface area contributed by atoms with Gasteiger partial charge in [0.25, 0.3) is 5.91 Å². The zero-order chi connectivity index (χ0) is 18.3. The van der Waals surface area contributed by atoms with Crippen LogP contribution in [0.15, 0.2) is 18.3 Å². The van der Waals surface area contributed by atoms with Crippen LogP contribution in [0, 0.1) is 0 Å². The minimum absolute atomic E-state index is 0.107. The average Bonchev–Trinajstić information content (AvgIpc) is 2.49. The zero-order valence-electron chi connectivity index (χ0n) is 14.0. The van der Waals surface area contributed by atoms with E-state index in [1.54, 1.807) is 20.8 Å². The number of rotatable bonds is 5. The summed E-state index contributed by atoms with van der Waals surface area (Å²) >= 11 is 0. The number of hydrogen-bond acceptors (Lipinski definition) is 7. The van der Waals surface area contributed by atoms with Crippen molar-refractivity contribution in [3.63, 3.8) is 0 Å². The number of pyridine rings is 1. The number of aromatic nitrogens is 1. The standard InChI is InChI=1S/C15H21N3O6/c1-15(2,3)24-14(22)18-11-7-9(5-6-16-11)12(20)17-10(8-19)13(21)23-4/h5-7,10,19H,8H2,1-4H3,(H,17,20)(H,16,18,22). The summed E-state index contributed by atoms with van der Waals surface area (Å²) in [5.41, 5.74) is -0.535. The molecule has 9 heteroatoms. The van der Waals surface area contributed by atoms with E-state index in [0.29, 0.717) is 0 Å². The molecule has 0 fully saturated rings. The van der Waals surface area contributed by atoms with Gasteiger partial charge in [0.1, 0.15) is 11.4 Å². The van der Waals surface area contributed by atoms with Crippen molar-refractivity contribution in [3.8, 4) is 0 Å². The van der Waals surface area contributed by atoms with Crippen molar-refractivity contribution in [2.24, 2.45) is 0 Å². The van der Waals surface area contributed by atoms with Gasteiger partial charge in [-0.25, -0.2) is 14.6 Å². The number of methoxy groups -OCH3 is 1. The molecule has 24 heavy (non-hydrogen) atoms. The van der Waals surface area contributed by atoms with E-state index in [1.165, 1.54) is 18.3 Å². The van der Waals surface area contributed by atoms with Crippen LogP contribution < -0.4 is 10.6 Å². The minimum atomic E-state index is -1.18. The van der Waals surface area contributed by atoms with Crippen LogP contribution >= 0.6 is 0 Å². The molecule has 0 aliphatic rings. The van der Waals surface area contributed by atoms with E-state index in [-0.39, 0.29) is 11.4 Å². The summed E-state index contributed by atoms with van der Waals surface area (Å²) in [7, 11) is 1.15. The largest absolute Gasteiger partial charge is 0.467 e. The maximum Gasteiger partial charge on any atom is 0.413 e. The quantitative estimate of drug-likeness (QED) is 0.674. The Morgan fingerprint density at radius 3 is 2.54 bits per heavy atom. The molecule has 0 spiro atoms. The molecule has 1 atom stereocenters. The lowest BCUT2D eigenvalue weighted by atomic mass is 10.2. The maximum atomic E-state index is 12.1. The number of hydrogen-bond donors (Lipinski definition) is 3. The van der Waals surface area contributed by atoms with E-state index >= 15 is 0 Å². The fourth-order valence-electron chi connectivity index (χ4n) is 1.61. The molecule has 3 N–H and O–H groups in total. The maximum absolute atomic E-state index is 12.1. The van der Waals surface area contributed by atoms with Crippen molar-refractivity contribution < 1.29 is 29.0 Å². The highest BCUT2D eigenvalue weighted by molar-refractivity contribution is 5.97. The van der Waals surface area contributed by atoms with Crippen molar-refractivity contribution in [3.05, 3.63) is 23.9 Å². The van der Waals surface area contributed by atoms with Gasteiger partial charge in [-0.1, -0.05) is 0 Å². The van der Waals surface area contributed by atoms with Crippen LogP contribution in [0.3, 0.4) is 0 Å². The normalized spacial score (nSPS) is 12.0. The molecule has 0 saturated heterocycles. The van der Waals surface area contributed by atoms with Crippen LogP contribution in [-0.4, -0.2) is 53.4 Å². The van der Waals surface area contributed by atoms with Crippen molar-refractivity contribution in [1.29, 1.82) is 0 Å². The fraction of sp³-hybridized carbons (Fsp3) is 0.467. The number of esters is 1. The van der Waals surface area contributed by atoms with Crippen LogP contribution in [0.2, 0.25) is 0 Å². The summed E-state index contributed by atoms with van der Waals surface area (Å²) in [6, 6.07) is 1.52. The second-order valence-corrected chi connectivity index (χ2v) is 5.79. The van der Waals surface area contributed by atoms with Gasteiger partial charge in [0, 0.05) is 11.8 Å². The molecule has 1 rings (SSSR count). The lowest BCUT2D eigenvalue weighted by Crippen LogP contribution is -2.44. The molecule has 0 bridgehead atoms. The Hall–Kier alpha value is -2.68. The number of aliphatic hydroxyl groups is 1. The van der Waals surface area contributed by atoms with Crippen LogP contribution in [0.25, 0.3) is 0 Å². The predicted molar refractivity (Wildman–Crippen MR) is 84.4 cm³/mol. The number of nitrogens with one attached hydrogen (secondary N) is 2. The Balaban J connectivity index is 2.79. The molecule has 1 heterocycles. The van der Waals surface area contributed by atoms with E-state index in [4.69, 9.17) is 9.84 Å². The Morgan fingerprint density at radius 1 is 1.33 bits per heavy atom. The van der Waals surface area contributed by atoms with Gasteiger partial charge in [0.2, 0.25) is 0 Å². The summed E-state index contributed by atoms with van der Waals surface area (Å²) < 4.78 is 9.55. The third-order valence-corrected chi connectivity index (χ3v) is 2.62. The molecule has 132 valence electrons. The molecule has 1 aromatic rings. The van der Waals surface area contributed by atoms with Crippen LogP contribution in [-0.2, 0) is 14.3 Å². The predicted octanol–water partition coefficient (Wildman–Crippen LogP) is 0.692. The minimum Gasteiger partial charge on any atom is -0.467 e. The van der Waals surface area contributed by atoms with E-state index in [0.717, 1.165) is 7.11 Å². The van der Waals surface area contributed by atoms with Crippen molar-refractivity contribution in [2.75, 3.05) is 19.0 Å². The van der Waals surface area contributed by atoms with Crippen molar-refractivity contribution in [1.82, 2.24) is 10.3 Å². The van der Waals surface area contributed by atoms with Gasteiger partial charge in [0.15, 0.2) is 6.04 Å². The SMILES string of the molecule is COC(=O)C(CO)NC(=O)c1ccnc(NC(=O)OC(C)(C)C)c1. The lowest BCUT2D eigenvalue weighted by molar-refractivity contribution is -0.143. The summed E-state index contributed by atoms with van der Waals surface area (Å²) in [5, 5.41) is 13.8. The Kier molecular flexibility index (Phi) is 6.66. The number of anilines is 1. The Morgan fingerprint density at radius 2 is 2.00 bits per heavy atom. The highest BCUT2D eigenvalue weighted by Crippen LogP contribution is 2.11. The Bertz CT molecular complexity index is 611. The third-order valence-electron chi connectivity index (χ3n) is 2.62. The molecule has 0 aromatic carbocycles. The van der Waals surface area contributed by atoms with Gasteiger partial charge < -0.3 is 19.9 Å². The second-order valence-electron chi connectivity index (χ2n) is 5.79. The smallest absolute Gasteiger partial charge is 0.413 e. The van der Waals surface area contributed by atoms with E-state index in [2.05, 4.69) is 20.4 Å². The summed E-state index contributed by atoms with van der Waals surface area (Å²) in [6.07, 6.45) is 0.601. The van der Waals surface area contributed by atoms with Crippen LogP contribution in [0.1, 0.15) is 31.1 Å². The lowest BCUT2D eigenvalue weighted by Gasteiger charge is -2.19. The zero-order valence-corrected chi connectivity index (χ0v) is 14.0. The number of amides is 2. The number of ether oxygens (including phenoxy) is 2. The van der Waals surface area contributed by atoms with E-state index in [1.807, 2.05) is 0 Å². The molecule has 0 radical (unpaired) electrons. The summed E-state index contributed by atoms with van der Waals surface area (Å²) in [5.74, 6) is -1.29. The summed E-state index contributed by atoms with van der Waals surface area (Å²) in [6.45, 7) is 4.54. The molecule has 1 aromatic heterocycles. The fourth-order valence-corrected chi connectivity index (χ4v) is 1.61. The van der Waals surface area contributed by atoms with E-state index in [9.17, 15) is 14.4 Å². The highest BCUT2D eigenvalue weighted by atomic mass is 16.6. The first kappa shape index (κ1) is 19.4. The monoisotopic (exact) mass is 339 g/mol. The first-order valence-electron chi connectivity index (χ1n) is 7.12. The molecule has 9 nitrogen and oxygen atoms in total. The molecule has 0 aliphatic heterocycles. The first-order chi connectivity index (χ1) is 11.2. The van der Waals surface area contributed by atoms with Crippen molar-refractivity contribution >= 4 is 23.8 Å². The van der Waals surface area contributed by atoms with Gasteiger partial charge in [0.05, 0.1) is 13.7 Å². The third kappa shape index (κ3) is 6.21. The molecule has 1 unspecified atom stereocenters. The van der Waals surface area contributed by atoms with Crippen molar-refractivity contribution in [2.45, 2.75) is 32.4 Å². The van der Waals surface area contributed by atoms with Gasteiger partial charge in [-0.15, -0.1) is 0 Å². The van der Waals surface area contributed by atoms with E-state index < -0.39 is 36.2 Å². The number of carbonyl (C=O) groups is 3. The number of carbonyl (C=O) groups excluding carboxylic acids is 3.